The Bertz CT molecular complexity index is 529. The van der Waals surface area contributed by atoms with Crippen LogP contribution < -0.4 is 5.73 Å². The Hall–Kier alpha value is -1.17. The molecule has 1 aromatic carbocycles. The molecule has 0 fully saturated rings. The summed E-state index contributed by atoms with van der Waals surface area (Å²) in [5.74, 6) is 0. The Labute approximate surface area is 114 Å². The summed E-state index contributed by atoms with van der Waals surface area (Å²) in [4.78, 5) is 0. The lowest BCUT2D eigenvalue weighted by atomic mass is 10.1. The molecule has 7 heteroatoms. The topological polar surface area (TPSA) is 43.8 Å². The Morgan fingerprint density at radius 2 is 2.06 bits per heavy atom. The lowest BCUT2D eigenvalue weighted by molar-refractivity contribution is 0.0566. The molecule has 0 amide bonds. The smallest absolute Gasteiger partial charge is 0.326 e. The van der Waals surface area contributed by atoms with E-state index < -0.39 is 6.55 Å². The van der Waals surface area contributed by atoms with Crippen LogP contribution in [-0.2, 0) is 6.54 Å². The van der Waals surface area contributed by atoms with Crippen molar-refractivity contribution < 1.29 is 8.78 Å². The molecule has 0 atom stereocenters. The maximum absolute atomic E-state index is 12.4. The van der Waals surface area contributed by atoms with Gasteiger partial charge in [0, 0.05) is 23.3 Å². The highest BCUT2D eigenvalue weighted by Crippen LogP contribution is 2.26. The number of alkyl halides is 2. The summed E-state index contributed by atoms with van der Waals surface area (Å²) < 4.78 is 25.3. The highest BCUT2D eigenvalue weighted by molar-refractivity contribution is 6.31. The molecule has 98 valence electrons. The van der Waals surface area contributed by atoms with E-state index in [9.17, 15) is 8.78 Å². The fourth-order valence-corrected chi connectivity index (χ4v) is 1.74. The summed E-state index contributed by atoms with van der Waals surface area (Å²) >= 11 is 5.99. The van der Waals surface area contributed by atoms with Gasteiger partial charge in [-0.25, -0.2) is 4.68 Å². The van der Waals surface area contributed by atoms with Crippen molar-refractivity contribution in [3.05, 3.63) is 41.2 Å². The SMILES string of the molecule is Cl.NCc1ccc(-c2cnn(C(F)F)c2)cc1Cl. The zero-order chi connectivity index (χ0) is 12.4. The quantitative estimate of drug-likeness (QED) is 0.941. The zero-order valence-corrected chi connectivity index (χ0v) is 10.8. The molecule has 18 heavy (non-hydrogen) atoms. The van der Waals surface area contributed by atoms with E-state index in [1.807, 2.05) is 0 Å². The average Bonchev–Trinajstić information content (AvgIpc) is 2.78. The minimum atomic E-state index is -2.64. The summed E-state index contributed by atoms with van der Waals surface area (Å²) in [7, 11) is 0. The first-order valence-corrected chi connectivity index (χ1v) is 5.31. The van der Waals surface area contributed by atoms with Gasteiger partial charge in [-0.05, 0) is 17.2 Å². The molecule has 1 aromatic heterocycles. The van der Waals surface area contributed by atoms with Crippen LogP contribution in [0.1, 0.15) is 12.1 Å². The Balaban J connectivity index is 0.00000162. The minimum absolute atomic E-state index is 0. The number of nitrogens with zero attached hydrogens (tertiary/aromatic N) is 2. The number of halogens is 4. The molecule has 3 nitrogen and oxygen atoms in total. The second-order valence-electron chi connectivity index (χ2n) is 3.50. The van der Waals surface area contributed by atoms with E-state index >= 15 is 0 Å². The molecule has 0 spiro atoms. The molecular formula is C11H11Cl2F2N3. The van der Waals surface area contributed by atoms with Crippen LogP contribution >= 0.6 is 24.0 Å². The first-order chi connectivity index (χ1) is 8.11. The Kier molecular flexibility index (Phi) is 5.07. The van der Waals surface area contributed by atoms with Crippen LogP contribution in [-0.4, -0.2) is 9.78 Å². The predicted octanol–water partition coefficient (Wildman–Crippen LogP) is 3.48. The molecule has 0 radical (unpaired) electrons. The summed E-state index contributed by atoms with van der Waals surface area (Å²) in [6, 6.07) is 5.24. The van der Waals surface area contributed by atoms with Gasteiger partial charge in [-0.15, -0.1) is 12.4 Å². The molecule has 2 N–H and O–H groups in total. The van der Waals surface area contributed by atoms with Crippen LogP contribution in [0.3, 0.4) is 0 Å². The molecule has 0 saturated heterocycles. The second-order valence-corrected chi connectivity index (χ2v) is 3.90. The standard InChI is InChI=1S/C11H10ClF2N3.ClH/c12-10-3-7(1-2-8(10)4-15)9-5-16-17(6-9)11(13)14;/h1-3,5-6,11H,4,15H2;1H. The van der Waals surface area contributed by atoms with Crippen LogP contribution in [0.25, 0.3) is 11.1 Å². The molecular weight excluding hydrogens is 283 g/mol. The van der Waals surface area contributed by atoms with E-state index in [0.29, 0.717) is 21.8 Å². The van der Waals surface area contributed by atoms with Gasteiger partial charge in [0.15, 0.2) is 0 Å². The lowest BCUT2D eigenvalue weighted by Crippen LogP contribution is -1.97. The van der Waals surface area contributed by atoms with E-state index in [1.54, 1.807) is 18.2 Å². The molecule has 0 unspecified atom stereocenters. The van der Waals surface area contributed by atoms with Crippen LogP contribution in [0.15, 0.2) is 30.6 Å². The lowest BCUT2D eigenvalue weighted by Gasteiger charge is -2.03. The van der Waals surface area contributed by atoms with Gasteiger partial charge in [0.2, 0.25) is 0 Å². The van der Waals surface area contributed by atoms with E-state index in [0.717, 1.165) is 11.1 Å². The first-order valence-electron chi connectivity index (χ1n) is 4.93. The highest BCUT2D eigenvalue weighted by Gasteiger charge is 2.09. The van der Waals surface area contributed by atoms with Gasteiger partial charge < -0.3 is 5.73 Å². The molecule has 2 aromatic rings. The van der Waals surface area contributed by atoms with Crippen molar-refractivity contribution in [1.82, 2.24) is 9.78 Å². The maximum Gasteiger partial charge on any atom is 0.333 e. The van der Waals surface area contributed by atoms with Gasteiger partial charge in [-0.2, -0.15) is 13.9 Å². The molecule has 0 aliphatic carbocycles. The monoisotopic (exact) mass is 293 g/mol. The first kappa shape index (κ1) is 14.9. The molecule has 1 heterocycles. The third-order valence-electron chi connectivity index (χ3n) is 2.41. The fourth-order valence-electron chi connectivity index (χ4n) is 1.49. The van der Waals surface area contributed by atoms with E-state index in [4.69, 9.17) is 17.3 Å². The van der Waals surface area contributed by atoms with E-state index in [-0.39, 0.29) is 12.4 Å². The van der Waals surface area contributed by atoms with Crippen molar-refractivity contribution in [3.8, 4) is 11.1 Å². The van der Waals surface area contributed by atoms with Crippen molar-refractivity contribution in [2.24, 2.45) is 5.73 Å². The predicted molar refractivity (Wildman–Crippen MR) is 69.1 cm³/mol. The van der Waals surface area contributed by atoms with Gasteiger partial charge in [0.05, 0.1) is 6.20 Å². The highest BCUT2D eigenvalue weighted by atomic mass is 35.5. The van der Waals surface area contributed by atoms with Crippen LogP contribution in [0.4, 0.5) is 8.78 Å². The van der Waals surface area contributed by atoms with Gasteiger partial charge in [0.1, 0.15) is 0 Å². The van der Waals surface area contributed by atoms with Crippen molar-refractivity contribution >= 4 is 24.0 Å². The van der Waals surface area contributed by atoms with Crippen molar-refractivity contribution in [1.29, 1.82) is 0 Å². The Morgan fingerprint density at radius 1 is 1.33 bits per heavy atom. The van der Waals surface area contributed by atoms with Crippen LogP contribution in [0.2, 0.25) is 5.02 Å². The summed E-state index contributed by atoms with van der Waals surface area (Å²) in [6.45, 7) is -2.29. The Morgan fingerprint density at radius 3 is 2.56 bits per heavy atom. The molecule has 0 aliphatic rings. The van der Waals surface area contributed by atoms with Crippen LogP contribution in [0.5, 0.6) is 0 Å². The van der Waals surface area contributed by atoms with E-state index in [1.165, 1.54) is 12.4 Å². The molecule has 2 rings (SSSR count). The molecule has 0 bridgehead atoms. The third-order valence-corrected chi connectivity index (χ3v) is 2.76. The fraction of sp³-hybridized carbons (Fsp3) is 0.182. The summed E-state index contributed by atoms with van der Waals surface area (Å²) in [5, 5.41) is 4.09. The second kappa shape index (κ2) is 6.13. The van der Waals surface area contributed by atoms with Crippen molar-refractivity contribution in [3.63, 3.8) is 0 Å². The van der Waals surface area contributed by atoms with Crippen molar-refractivity contribution in [2.75, 3.05) is 0 Å². The molecule has 0 aliphatic heterocycles. The largest absolute Gasteiger partial charge is 0.333 e. The number of nitrogens with two attached hydrogens (primary N) is 1. The number of rotatable bonds is 3. The average molecular weight is 294 g/mol. The van der Waals surface area contributed by atoms with E-state index in [2.05, 4.69) is 5.10 Å². The summed E-state index contributed by atoms with van der Waals surface area (Å²) in [6.07, 6.45) is 2.65. The minimum Gasteiger partial charge on any atom is -0.326 e. The van der Waals surface area contributed by atoms with Gasteiger partial charge in [-0.1, -0.05) is 23.7 Å². The van der Waals surface area contributed by atoms with Gasteiger partial charge in [-0.3, -0.25) is 0 Å². The van der Waals surface area contributed by atoms with Crippen LogP contribution in [0, 0.1) is 0 Å². The number of hydrogen-bond donors (Lipinski definition) is 1. The number of hydrogen-bond acceptors (Lipinski definition) is 2. The normalized spacial score (nSPS) is 10.5. The van der Waals surface area contributed by atoms with Gasteiger partial charge in [0.25, 0.3) is 0 Å². The summed E-state index contributed by atoms with van der Waals surface area (Å²) in [5.41, 5.74) is 7.63. The van der Waals surface area contributed by atoms with Gasteiger partial charge >= 0.3 is 6.55 Å². The van der Waals surface area contributed by atoms with Crippen molar-refractivity contribution in [2.45, 2.75) is 13.1 Å². The third kappa shape index (κ3) is 2.98. The number of aromatic nitrogens is 2. The number of benzene rings is 1. The molecule has 0 saturated carbocycles. The zero-order valence-electron chi connectivity index (χ0n) is 9.19. The maximum atomic E-state index is 12.4.